The summed E-state index contributed by atoms with van der Waals surface area (Å²) < 4.78 is 5.25. The maximum atomic E-state index is 11.7. The van der Waals surface area contributed by atoms with Gasteiger partial charge in [-0.1, -0.05) is 6.08 Å². The van der Waals surface area contributed by atoms with E-state index in [0.717, 1.165) is 18.5 Å². The summed E-state index contributed by atoms with van der Waals surface area (Å²) in [5.74, 6) is 0. The van der Waals surface area contributed by atoms with Crippen LogP contribution in [0.3, 0.4) is 0 Å². The SMILES string of the molecule is C/C=C(/NC)C1(NC(=O)OC(C)(C)C)CC1. The van der Waals surface area contributed by atoms with E-state index < -0.39 is 5.60 Å². The summed E-state index contributed by atoms with van der Waals surface area (Å²) in [5, 5.41) is 6.05. The largest absolute Gasteiger partial charge is 0.444 e. The first-order valence-corrected chi connectivity index (χ1v) is 5.69. The number of ether oxygens (including phenoxy) is 1. The minimum absolute atomic E-state index is 0.216. The van der Waals surface area contributed by atoms with E-state index in [0.29, 0.717) is 0 Å². The van der Waals surface area contributed by atoms with Gasteiger partial charge in [-0.15, -0.1) is 0 Å². The number of carbonyl (C=O) groups is 1. The molecular weight excluding hydrogens is 204 g/mol. The van der Waals surface area contributed by atoms with Crippen LogP contribution in [0.25, 0.3) is 0 Å². The quantitative estimate of drug-likeness (QED) is 0.775. The van der Waals surface area contributed by atoms with Gasteiger partial charge in [-0.25, -0.2) is 4.79 Å². The average molecular weight is 226 g/mol. The molecule has 1 aliphatic rings. The summed E-state index contributed by atoms with van der Waals surface area (Å²) in [6.45, 7) is 7.55. The molecule has 0 aromatic rings. The van der Waals surface area contributed by atoms with Crippen LogP contribution in [-0.4, -0.2) is 24.3 Å². The Morgan fingerprint density at radius 2 is 1.94 bits per heavy atom. The smallest absolute Gasteiger partial charge is 0.408 e. The zero-order valence-electron chi connectivity index (χ0n) is 10.8. The lowest BCUT2D eigenvalue weighted by Crippen LogP contribution is -2.44. The Morgan fingerprint density at radius 3 is 2.25 bits per heavy atom. The molecule has 0 aromatic carbocycles. The molecule has 16 heavy (non-hydrogen) atoms. The van der Waals surface area contributed by atoms with Gasteiger partial charge in [0.1, 0.15) is 5.60 Å². The van der Waals surface area contributed by atoms with E-state index in [2.05, 4.69) is 10.6 Å². The summed E-state index contributed by atoms with van der Waals surface area (Å²) in [4.78, 5) is 11.7. The normalized spacial score (nSPS) is 18.9. The van der Waals surface area contributed by atoms with Crippen molar-refractivity contribution >= 4 is 6.09 Å². The van der Waals surface area contributed by atoms with Gasteiger partial charge in [-0.05, 0) is 40.5 Å². The minimum Gasteiger partial charge on any atom is -0.444 e. The van der Waals surface area contributed by atoms with Crippen LogP contribution in [0.1, 0.15) is 40.5 Å². The standard InChI is InChI=1S/C12H22N2O2/c1-6-9(13-5)12(7-8-12)14-10(15)16-11(2,3)4/h6,13H,7-8H2,1-5H3,(H,14,15)/b9-6+. The number of hydrogen-bond donors (Lipinski definition) is 2. The fourth-order valence-electron chi connectivity index (χ4n) is 1.75. The second-order valence-electron chi connectivity index (χ2n) is 5.16. The van der Waals surface area contributed by atoms with Gasteiger partial charge in [-0.3, -0.25) is 0 Å². The number of carbonyl (C=O) groups excluding carboxylic acids is 1. The minimum atomic E-state index is -0.449. The maximum Gasteiger partial charge on any atom is 0.408 e. The Morgan fingerprint density at radius 1 is 1.38 bits per heavy atom. The van der Waals surface area contributed by atoms with Crippen molar-refractivity contribution in [3.63, 3.8) is 0 Å². The number of likely N-dealkylation sites (N-methyl/N-ethyl adjacent to an activating group) is 1. The molecule has 0 spiro atoms. The van der Waals surface area contributed by atoms with Crippen molar-refractivity contribution in [3.8, 4) is 0 Å². The molecule has 1 saturated carbocycles. The van der Waals surface area contributed by atoms with Gasteiger partial charge in [0.2, 0.25) is 0 Å². The topological polar surface area (TPSA) is 50.4 Å². The lowest BCUT2D eigenvalue weighted by atomic mass is 10.1. The maximum absolute atomic E-state index is 11.7. The second-order valence-corrected chi connectivity index (χ2v) is 5.16. The highest BCUT2D eigenvalue weighted by molar-refractivity contribution is 5.70. The third kappa shape index (κ3) is 3.15. The van der Waals surface area contributed by atoms with Crippen LogP contribution >= 0.6 is 0 Å². The van der Waals surface area contributed by atoms with E-state index in [1.807, 2.05) is 40.8 Å². The first-order valence-electron chi connectivity index (χ1n) is 5.69. The van der Waals surface area contributed by atoms with E-state index >= 15 is 0 Å². The van der Waals surface area contributed by atoms with E-state index in [1.54, 1.807) is 0 Å². The summed E-state index contributed by atoms with van der Waals surface area (Å²) in [5.41, 5.74) is 0.389. The molecule has 0 atom stereocenters. The highest BCUT2D eigenvalue weighted by Gasteiger charge is 2.47. The van der Waals surface area contributed by atoms with Crippen molar-refractivity contribution in [3.05, 3.63) is 11.8 Å². The number of hydrogen-bond acceptors (Lipinski definition) is 3. The highest BCUT2D eigenvalue weighted by atomic mass is 16.6. The van der Waals surface area contributed by atoms with Crippen molar-refractivity contribution in [1.29, 1.82) is 0 Å². The average Bonchev–Trinajstić information content (AvgIpc) is 2.83. The fraction of sp³-hybridized carbons (Fsp3) is 0.750. The van der Waals surface area contributed by atoms with Gasteiger partial charge >= 0.3 is 6.09 Å². The van der Waals surface area contributed by atoms with Crippen LogP contribution in [0.5, 0.6) is 0 Å². The first kappa shape index (κ1) is 12.9. The van der Waals surface area contributed by atoms with Crippen LogP contribution in [-0.2, 0) is 4.74 Å². The van der Waals surface area contributed by atoms with E-state index in [4.69, 9.17) is 4.74 Å². The monoisotopic (exact) mass is 226 g/mol. The van der Waals surface area contributed by atoms with Gasteiger partial charge in [0.15, 0.2) is 0 Å². The third-order valence-corrected chi connectivity index (χ3v) is 2.56. The molecule has 1 aliphatic carbocycles. The Labute approximate surface area is 97.4 Å². The molecule has 0 bridgehead atoms. The molecule has 4 heteroatoms. The zero-order chi connectivity index (χ0) is 12.4. The summed E-state index contributed by atoms with van der Waals surface area (Å²) in [7, 11) is 1.87. The van der Waals surface area contributed by atoms with E-state index in [-0.39, 0.29) is 11.6 Å². The van der Waals surface area contributed by atoms with E-state index in [9.17, 15) is 4.79 Å². The van der Waals surface area contributed by atoms with Crippen molar-refractivity contribution in [1.82, 2.24) is 10.6 Å². The Balaban J connectivity index is 2.58. The molecular formula is C12H22N2O2. The fourth-order valence-corrected chi connectivity index (χ4v) is 1.75. The molecule has 4 nitrogen and oxygen atoms in total. The lowest BCUT2D eigenvalue weighted by Gasteiger charge is -2.24. The molecule has 0 aromatic heterocycles. The molecule has 0 saturated heterocycles. The van der Waals surface area contributed by atoms with Crippen LogP contribution in [0.15, 0.2) is 11.8 Å². The number of allylic oxidation sites excluding steroid dienone is 1. The van der Waals surface area contributed by atoms with E-state index in [1.165, 1.54) is 0 Å². The molecule has 0 unspecified atom stereocenters. The molecule has 1 rings (SSSR count). The second kappa shape index (κ2) is 4.36. The Hall–Kier alpha value is -1.19. The molecule has 0 radical (unpaired) electrons. The van der Waals surface area contributed by atoms with Crippen molar-refractivity contribution in [2.45, 2.75) is 51.7 Å². The van der Waals surface area contributed by atoms with Gasteiger partial charge in [0.05, 0.1) is 5.54 Å². The molecule has 0 heterocycles. The van der Waals surface area contributed by atoms with Crippen molar-refractivity contribution in [2.75, 3.05) is 7.05 Å². The Bertz CT molecular complexity index is 299. The highest BCUT2D eigenvalue weighted by Crippen LogP contribution is 2.41. The predicted molar refractivity (Wildman–Crippen MR) is 64.2 cm³/mol. The van der Waals surface area contributed by atoms with Gasteiger partial charge in [0.25, 0.3) is 0 Å². The molecule has 1 fully saturated rings. The number of amides is 1. The summed E-state index contributed by atoms with van der Waals surface area (Å²) >= 11 is 0. The predicted octanol–water partition coefficient (Wildman–Crippen LogP) is 2.17. The molecule has 2 N–H and O–H groups in total. The summed E-state index contributed by atoms with van der Waals surface area (Å²) in [6, 6.07) is 0. The van der Waals surface area contributed by atoms with Gasteiger partial charge in [-0.2, -0.15) is 0 Å². The van der Waals surface area contributed by atoms with Crippen molar-refractivity contribution in [2.24, 2.45) is 0 Å². The lowest BCUT2D eigenvalue weighted by molar-refractivity contribution is 0.0504. The third-order valence-electron chi connectivity index (χ3n) is 2.56. The van der Waals surface area contributed by atoms with Crippen LogP contribution < -0.4 is 10.6 Å². The van der Waals surface area contributed by atoms with Gasteiger partial charge < -0.3 is 15.4 Å². The van der Waals surface area contributed by atoms with Crippen LogP contribution in [0.2, 0.25) is 0 Å². The van der Waals surface area contributed by atoms with Crippen LogP contribution in [0.4, 0.5) is 4.79 Å². The summed E-state index contributed by atoms with van der Waals surface area (Å²) in [6.07, 6.45) is 3.57. The first-order chi connectivity index (χ1) is 7.33. The van der Waals surface area contributed by atoms with Crippen LogP contribution in [0, 0.1) is 0 Å². The van der Waals surface area contributed by atoms with Gasteiger partial charge in [0, 0.05) is 12.7 Å². The molecule has 1 amide bonds. The number of rotatable bonds is 3. The number of nitrogens with one attached hydrogen (secondary N) is 2. The van der Waals surface area contributed by atoms with Crippen molar-refractivity contribution < 1.29 is 9.53 Å². The molecule has 0 aliphatic heterocycles. The molecule has 92 valence electrons. The number of alkyl carbamates (subject to hydrolysis) is 1. The Kier molecular flexibility index (Phi) is 3.51. The zero-order valence-corrected chi connectivity index (χ0v) is 10.8.